The number of thiazole rings is 1. The lowest BCUT2D eigenvalue weighted by molar-refractivity contribution is 0.0927. The highest BCUT2D eigenvalue weighted by atomic mass is 32.2. The maximum absolute atomic E-state index is 12.1. The van der Waals surface area contributed by atoms with Crippen LogP contribution in [0, 0.1) is 0 Å². The van der Waals surface area contributed by atoms with Crippen LogP contribution in [0.3, 0.4) is 0 Å². The number of methoxy groups -OCH3 is 1. The van der Waals surface area contributed by atoms with Crippen molar-refractivity contribution >= 4 is 29.0 Å². The minimum Gasteiger partial charge on any atom is -0.384 e. The third-order valence-corrected chi connectivity index (χ3v) is 4.49. The van der Waals surface area contributed by atoms with Gasteiger partial charge in [-0.1, -0.05) is 16.9 Å². The number of hydrogen-bond acceptors (Lipinski definition) is 8. The Morgan fingerprint density at radius 2 is 2.38 bits per heavy atom. The Morgan fingerprint density at radius 1 is 1.57 bits per heavy atom. The quantitative estimate of drug-likeness (QED) is 0.777. The molecular formula is C12H16N4O3S2. The number of carbonyl (C=O) groups excluding carboxylic acids is 1. The van der Waals surface area contributed by atoms with Crippen molar-refractivity contribution < 1.29 is 14.1 Å². The number of aromatic nitrogens is 3. The van der Waals surface area contributed by atoms with Crippen molar-refractivity contribution in [1.29, 1.82) is 0 Å². The summed E-state index contributed by atoms with van der Waals surface area (Å²) in [6.45, 7) is 2.31. The van der Waals surface area contributed by atoms with Crippen LogP contribution < -0.4 is 5.32 Å². The summed E-state index contributed by atoms with van der Waals surface area (Å²) in [7, 11) is 1.61. The van der Waals surface area contributed by atoms with Crippen LogP contribution in [0.1, 0.15) is 35.2 Å². The molecule has 1 amide bonds. The van der Waals surface area contributed by atoms with Crippen LogP contribution in [0.25, 0.3) is 0 Å². The summed E-state index contributed by atoms with van der Waals surface area (Å²) >= 11 is 2.95. The number of nitrogens with zero attached hydrogens (tertiary/aromatic N) is 3. The van der Waals surface area contributed by atoms with Gasteiger partial charge in [-0.2, -0.15) is 4.98 Å². The summed E-state index contributed by atoms with van der Waals surface area (Å²) in [6.07, 6.45) is 2.49. The fourth-order valence-electron chi connectivity index (χ4n) is 1.53. The fraction of sp³-hybridized carbons (Fsp3) is 0.500. The van der Waals surface area contributed by atoms with E-state index in [9.17, 15) is 4.79 Å². The molecule has 0 spiro atoms. The second kappa shape index (κ2) is 7.53. The van der Waals surface area contributed by atoms with E-state index in [1.165, 1.54) is 23.1 Å². The standard InChI is InChI=1S/C12H16N4O3S2/c1-7(11-15-9(16-19-11)4-5-18-2)13-10(17)8-6-21-12(14-8)20-3/h6-7H,4-5H2,1-3H3,(H,13,17)/t7-/m0/s1. The van der Waals surface area contributed by atoms with Gasteiger partial charge in [-0.05, 0) is 13.2 Å². The normalized spacial score (nSPS) is 12.3. The second-order valence-electron chi connectivity index (χ2n) is 4.19. The summed E-state index contributed by atoms with van der Waals surface area (Å²) in [5.74, 6) is 0.678. The molecule has 2 rings (SSSR count). The van der Waals surface area contributed by atoms with Crippen LogP contribution in [-0.2, 0) is 11.2 Å². The Balaban J connectivity index is 1.95. The maximum atomic E-state index is 12.1. The van der Waals surface area contributed by atoms with Crippen LogP contribution >= 0.6 is 23.1 Å². The van der Waals surface area contributed by atoms with Gasteiger partial charge in [0.05, 0.1) is 6.61 Å². The first-order valence-corrected chi connectivity index (χ1v) is 8.36. The van der Waals surface area contributed by atoms with Gasteiger partial charge in [0.1, 0.15) is 16.1 Å². The number of amides is 1. The zero-order valence-corrected chi connectivity index (χ0v) is 13.6. The minimum absolute atomic E-state index is 0.254. The number of nitrogens with one attached hydrogen (secondary N) is 1. The van der Waals surface area contributed by atoms with Crippen LogP contribution in [0.15, 0.2) is 14.2 Å². The van der Waals surface area contributed by atoms with Crippen LogP contribution in [-0.4, -0.2) is 41.0 Å². The lowest BCUT2D eigenvalue weighted by Gasteiger charge is -2.07. The molecule has 0 aliphatic heterocycles. The highest BCUT2D eigenvalue weighted by Gasteiger charge is 2.19. The van der Waals surface area contributed by atoms with E-state index in [4.69, 9.17) is 9.26 Å². The first-order chi connectivity index (χ1) is 10.1. The van der Waals surface area contributed by atoms with Crippen molar-refractivity contribution in [3.05, 3.63) is 22.8 Å². The molecule has 0 aliphatic carbocycles. The molecule has 9 heteroatoms. The van der Waals surface area contributed by atoms with Gasteiger partial charge in [0.2, 0.25) is 5.89 Å². The molecule has 0 aliphatic rings. The fourth-order valence-corrected chi connectivity index (χ4v) is 2.77. The Hall–Kier alpha value is -1.45. The topological polar surface area (TPSA) is 90.1 Å². The molecule has 0 unspecified atom stereocenters. The summed E-state index contributed by atoms with van der Waals surface area (Å²) in [5, 5.41) is 8.35. The van der Waals surface area contributed by atoms with Crippen molar-refractivity contribution in [2.45, 2.75) is 23.7 Å². The second-order valence-corrected chi connectivity index (χ2v) is 6.10. The van der Waals surface area contributed by atoms with Gasteiger partial charge < -0.3 is 14.6 Å². The smallest absolute Gasteiger partial charge is 0.271 e. The van der Waals surface area contributed by atoms with Crippen LogP contribution in [0.4, 0.5) is 0 Å². The monoisotopic (exact) mass is 328 g/mol. The summed E-state index contributed by atoms with van der Waals surface area (Å²) in [6, 6.07) is -0.374. The molecule has 0 radical (unpaired) electrons. The van der Waals surface area contributed by atoms with Gasteiger partial charge in [0, 0.05) is 18.9 Å². The van der Waals surface area contributed by atoms with Gasteiger partial charge in [-0.15, -0.1) is 11.3 Å². The number of hydrogen-bond donors (Lipinski definition) is 1. The van der Waals surface area contributed by atoms with E-state index in [1.54, 1.807) is 19.4 Å². The van der Waals surface area contributed by atoms with Crippen LogP contribution in [0.5, 0.6) is 0 Å². The molecular weight excluding hydrogens is 312 g/mol. The predicted molar refractivity (Wildman–Crippen MR) is 79.7 cm³/mol. The van der Waals surface area contributed by atoms with Crippen LogP contribution in [0.2, 0.25) is 0 Å². The molecule has 1 atom stereocenters. The van der Waals surface area contributed by atoms with Crippen molar-refractivity contribution in [3.8, 4) is 0 Å². The molecule has 7 nitrogen and oxygen atoms in total. The third kappa shape index (κ3) is 4.26. The molecule has 0 saturated carbocycles. The molecule has 0 aromatic carbocycles. The van der Waals surface area contributed by atoms with Gasteiger partial charge in [-0.3, -0.25) is 4.79 Å². The minimum atomic E-state index is -0.374. The Labute approximate surface area is 130 Å². The highest BCUT2D eigenvalue weighted by Crippen LogP contribution is 2.20. The molecule has 0 fully saturated rings. The molecule has 114 valence electrons. The number of rotatable bonds is 7. The lowest BCUT2D eigenvalue weighted by atomic mass is 10.3. The van der Waals surface area contributed by atoms with Crippen molar-refractivity contribution in [2.75, 3.05) is 20.0 Å². The molecule has 21 heavy (non-hydrogen) atoms. The van der Waals surface area contributed by atoms with Crippen molar-refractivity contribution in [1.82, 2.24) is 20.4 Å². The Morgan fingerprint density at radius 3 is 3.05 bits per heavy atom. The van der Waals surface area contributed by atoms with E-state index in [-0.39, 0.29) is 11.9 Å². The van der Waals surface area contributed by atoms with Crippen molar-refractivity contribution in [2.24, 2.45) is 0 Å². The summed E-state index contributed by atoms with van der Waals surface area (Å²) in [4.78, 5) is 20.5. The summed E-state index contributed by atoms with van der Waals surface area (Å²) in [5.41, 5.74) is 0.398. The van der Waals surface area contributed by atoms with E-state index >= 15 is 0 Å². The molecule has 2 aromatic heterocycles. The maximum Gasteiger partial charge on any atom is 0.271 e. The molecule has 2 heterocycles. The molecule has 0 saturated heterocycles. The summed E-state index contributed by atoms with van der Waals surface area (Å²) < 4.78 is 10.9. The average Bonchev–Trinajstić information content (AvgIpc) is 3.14. The number of ether oxygens (including phenoxy) is 1. The zero-order chi connectivity index (χ0) is 15.2. The molecule has 0 bridgehead atoms. The third-order valence-electron chi connectivity index (χ3n) is 2.62. The zero-order valence-electron chi connectivity index (χ0n) is 12.0. The Bertz CT molecular complexity index is 599. The van der Waals surface area contributed by atoms with E-state index in [0.29, 0.717) is 30.4 Å². The van der Waals surface area contributed by atoms with Gasteiger partial charge in [0.15, 0.2) is 5.82 Å². The predicted octanol–water partition coefficient (Wildman–Crippen LogP) is 1.93. The highest BCUT2D eigenvalue weighted by molar-refractivity contribution is 8.00. The Kier molecular flexibility index (Phi) is 5.71. The largest absolute Gasteiger partial charge is 0.384 e. The van der Waals surface area contributed by atoms with Gasteiger partial charge >= 0.3 is 0 Å². The lowest BCUT2D eigenvalue weighted by Crippen LogP contribution is -2.27. The molecule has 2 aromatic rings. The van der Waals surface area contributed by atoms with E-state index in [2.05, 4.69) is 20.4 Å². The average molecular weight is 328 g/mol. The first kappa shape index (κ1) is 15.9. The van der Waals surface area contributed by atoms with Gasteiger partial charge in [-0.25, -0.2) is 4.98 Å². The first-order valence-electron chi connectivity index (χ1n) is 6.25. The van der Waals surface area contributed by atoms with E-state index < -0.39 is 0 Å². The SMILES string of the molecule is COCCc1noc([C@H](C)NC(=O)c2csc(SC)n2)n1. The number of thioether (sulfide) groups is 1. The van der Waals surface area contributed by atoms with Crippen molar-refractivity contribution in [3.63, 3.8) is 0 Å². The molecule has 1 N–H and O–H groups in total. The number of carbonyl (C=O) groups is 1. The van der Waals surface area contributed by atoms with E-state index in [0.717, 1.165) is 4.34 Å². The van der Waals surface area contributed by atoms with E-state index in [1.807, 2.05) is 6.26 Å². The van der Waals surface area contributed by atoms with Gasteiger partial charge in [0.25, 0.3) is 5.91 Å².